The van der Waals surface area contributed by atoms with Crippen LogP contribution >= 0.6 is 0 Å². The molecule has 1 aliphatic carbocycles. The predicted octanol–water partition coefficient (Wildman–Crippen LogP) is 3.01. The zero-order valence-corrected chi connectivity index (χ0v) is 11.2. The molecule has 2 aliphatic rings. The fourth-order valence-corrected chi connectivity index (χ4v) is 3.49. The third-order valence-corrected chi connectivity index (χ3v) is 4.41. The van der Waals surface area contributed by atoms with Gasteiger partial charge in [-0.05, 0) is 49.8 Å². The highest BCUT2D eigenvalue weighted by atomic mass is 16.5. The van der Waals surface area contributed by atoms with Gasteiger partial charge in [-0.3, -0.25) is 0 Å². The molecule has 2 atom stereocenters. The van der Waals surface area contributed by atoms with Crippen LogP contribution < -0.4 is 5.32 Å². The molecule has 0 saturated carbocycles. The van der Waals surface area contributed by atoms with Gasteiger partial charge >= 0.3 is 0 Å². The standard InChI is InChI=1S/C16H23NO/c1-2-10-17-14-8-11-18-16(12-14)9-7-13-5-3-4-6-15(13)16/h3-6,14,17H,2,7-12H2,1H3. The van der Waals surface area contributed by atoms with Crippen molar-refractivity contribution in [2.75, 3.05) is 13.2 Å². The van der Waals surface area contributed by atoms with E-state index in [9.17, 15) is 0 Å². The van der Waals surface area contributed by atoms with Crippen molar-refractivity contribution in [3.8, 4) is 0 Å². The van der Waals surface area contributed by atoms with Crippen molar-refractivity contribution in [1.29, 1.82) is 0 Å². The van der Waals surface area contributed by atoms with Crippen LogP contribution in [-0.2, 0) is 16.8 Å². The number of benzene rings is 1. The van der Waals surface area contributed by atoms with E-state index in [1.54, 1.807) is 0 Å². The molecule has 1 aromatic carbocycles. The second-order valence-corrected chi connectivity index (χ2v) is 5.64. The Labute approximate surface area is 110 Å². The van der Waals surface area contributed by atoms with Crippen LogP contribution in [0.4, 0.5) is 0 Å². The minimum Gasteiger partial charge on any atom is -0.370 e. The summed E-state index contributed by atoms with van der Waals surface area (Å²) >= 11 is 0. The smallest absolute Gasteiger partial charge is 0.0951 e. The average molecular weight is 245 g/mol. The molecule has 1 saturated heterocycles. The van der Waals surface area contributed by atoms with E-state index in [2.05, 4.69) is 36.5 Å². The Balaban J connectivity index is 1.79. The fourth-order valence-electron chi connectivity index (χ4n) is 3.49. The number of fused-ring (bicyclic) bond motifs is 2. The summed E-state index contributed by atoms with van der Waals surface area (Å²) in [4.78, 5) is 0. The predicted molar refractivity (Wildman–Crippen MR) is 73.7 cm³/mol. The molecule has 1 spiro atoms. The normalized spacial score (nSPS) is 30.6. The van der Waals surface area contributed by atoms with Crippen molar-refractivity contribution >= 4 is 0 Å². The average Bonchev–Trinajstić information content (AvgIpc) is 2.76. The molecule has 18 heavy (non-hydrogen) atoms. The van der Waals surface area contributed by atoms with Gasteiger partial charge in [-0.2, -0.15) is 0 Å². The lowest BCUT2D eigenvalue weighted by molar-refractivity contribution is -0.0928. The first-order valence-corrected chi connectivity index (χ1v) is 7.30. The van der Waals surface area contributed by atoms with Gasteiger partial charge in [0.05, 0.1) is 5.60 Å². The Morgan fingerprint density at radius 1 is 1.39 bits per heavy atom. The highest BCUT2D eigenvalue weighted by Crippen LogP contribution is 2.45. The van der Waals surface area contributed by atoms with Crippen molar-refractivity contribution < 1.29 is 4.74 Å². The number of hydrogen-bond donors (Lipinski definition) is 1. The van der Waals surface area contributed by atoms with Crippen molar-refractivity contribution in [3.05, 3.63) is 35.4 Å². The molecule has 0 amide bonds. The summed E-state index contributed by atoms with van der Waals surface area (Å²) in [6, 6.07) is 9.46. The molecule has 0 aromatic heterocycles. The van der Waals surface area contributed by atoms with Gasteiger partial charge in [-0.25, -0.2) is 0 Å². The van der Waals surface area contributed by atoms with E-state index in [4.69, 9.17) is 4.74 Å². The van der Waals surface area contributed by atoms with Crippen LogP contribution in [0.1, 0.15) is 43.7 Å². The van der Waals surface area contributed by atoms with Crippen molar-refractivity contribution in [1.82, 2.24) is 5.32 Å². The Kier molecular flexibility index (Phi) is 3.40. The summed E-state index contributed by atoms with van der Waals surface area (Å²) in [7, 11) is 0. The topological polar surface area (TPSA) is 21.3 Å². The molecule has 1 N–H and O–H groups in total. The molecule has 3 rings (SSSR count). The van der Waals surface area contributed by atoms with Gasteiger partial charge in [0.1, 0.15) is 0 Å². The van der Waals surface area contributed by atoms with E-state index in [-0.39, 0.29) is 5.60 Å². The fraction of sp³-hybridized carbons (Fsp3) is 0.625. The largest absolute Gasteiger partial charge is 0.370 e. The van der Waals surface area contributed by atoms with Crippen LogP contribution in [0.3, 0.4) is 0 Å². The molecule has 2 nitrogen and oxygen atoms in total. The molecule has 0 bridgehead atoms. The Bertz CT molecular complexity index is 413. The van der Waals surface area contributed by atoms with E-state index in [1.165, 1.54) is 24.0 Å². The summed E-state index contributed by atoms with van der Waals surface area (Å²) in [6.07, 6.45) is 5.85. The maximum absolute atomic E-state index is 6.22. The highest BCUT2D eigenvalue weighted by Gasteiger charge is 2.43. The number of rotatable bonds is 3. The Morgan fingerprint density at radius 2 is 2.28 bits per heavy atom. The molecule has 1 aliphatic heterocycles. The van der Waals surface area contributed by atoms with E-state index < -0.39 is 0 Å². The third-order valence-electron chi connectivity index (χ3n) is 4.41. The van der Waals surface area contributed by atoms with Crippen molar-refractivity contribution in [2.24, 2.45) is 0 Å². The van der Waals surface area contributed by atoms with E-state index in [1.807, 2.05) is 0 Å². The summed E-state index contributed by atoms with van der Waals surface area (Å²) in [5, 5.41) is 3.67. The maximum atomic E-state index is 6.22. The number of ether oxygens (including phenoxy) is 1. The van der Waals surface area contributed by atoms with Gasteiger partial charge in [-0.15, -0.1) is 0 Å². The van der Waals surface area contributed by atoms with E-state index in [0.717, 1.165) is 32.4 Å². The maximum Gasteiger partial charge on any atom is 0.0951 e. The van der Waals surface area contributed by atoms with Crippen LogP contribution in [0.15, 0.2) is 24.3 Å². The number of aryl methyl sites for hydroxylation is 1. The van der Waals surface area contributed by atoms with Gasteiger partial charge in [-0.1, -0.05) is 31.2 Å². The number of nitrogens with one attached hydrogen (secondary N) is 1. The molecule has 0 radical (unpaired) electrons. The lowest BCUT2D eigenvalue weighted by Gasteiger charge is -2.39. The van der Waals surface area contributed by atoms with Crippen LogP contribution in [-0.4, -0.2) is 19.2 Å². The molecular weight excluding hydrogens is 222 g/mol. The van der Waals surface area contributed by atoms with Crippen LogP contribution in [0.5, 0.6) is 0 Å². The zero-order chi connectivity index (χ0) is 12.4. The second kappa shape index (κ2) is 5.02. The van der Waals surface area contributed by atoms with Gasteiger partial charge in [0.2, 0.25) is 0 Å². The summed E-state index contributed by atoms with van der Waals surface area (Å²) in [5.74, 6) is 0. The highest BCUT2D eigenvalue weighted by molar-refractivity contribution is 5.37. The van der Waals surface area contributed by atoms with Gasteiger partial charge in [0.25, 0.3) is 0 Å². The molecule has 98 valence electrons. The van der Waals surface area contributed by atoms with Crippen LogP contribution in [0, 0.1) is 0 Å². The summed E-state index contributed by atoms with van der Waals surface area (Å²) < 4.78 is 6.22. The first-order chi connectivity index (χ1) is 8.84. The van der Waals surface area contributed by atoms with E-state index >= 15 is 0 Å². The minimum absolute atomic E-state index is 0.0141. The first kappa shape index (κ1) is 12.2. The van der Waals surface area contributed by atoms with Crippen molar-refractivity contribution in [2.45, 2.75) is 50.7 Å². The minimum atomic E-state index is 0.0141. The third kappa shape index (κ3) is 2.08. The van der Waals surface area contributed by atoms with Crippen molar-refractivity contribution in [3.63, 3.8) is 0 Å². The Morgan fingerprint density at radius 3 is 3.17 bits per heavy atom. The molecular formula is C16H23NO. The van der Waals surface area contributed by atoms with Crippen LogP contribution in [0.25, 0.3) is 0 Å². The lowest BCUT2D eigenvalue weighted by atomic mass is 9.85. The lowest BCUT2D eigenvalue weighted by Crippen LogP contribution is -2.44. The molecule has 1 aromatic rings. The van der Waals surface area contributed by atoms with Gasteiger partial charge < -0.3 is 10.1 Å². The summed E-state index contributed by atoms with van der Waals surface area (Å²) in [6.45, 7) is 4.26. The monoisotopic (exact) mass is 245 g/mol. The number of hydrogen-bond acceptors (Lipinski definition) is 2. The molecule has 1 heterocycles. The zero-order valence-electron chi connectivity index (χ0n) is 11.2. The Hall–Kier alpha value is -0.860. The van der Waals surface area contributed by atoms with Crippen LogP contribution in [0.2, 0.25) is 0 Å². The SMILES string of the molecule is CCCNC1CCOC2(CCc3ccccc32)C1. The second-order valence-electron chi connectivity index (χ2n) is 5.64. The molecule has 1 fully saturated rings. The summed E-state index contributed by atoms with van der Waals surface area (Å²) in [5.41, 5.74) is 2.96. The van der Waals surface area contributed by atoms with Gasteiger partial charge in [0.15, 0.2) is 0 Å². The molecule has 2 heteroatoms. The van der Waals surface area contributed by atoms with Gasteiger partial charge in [0, 0.05) is 12.6 Å². The van der Waals surface area contributed by atoms with E-state index in [0.29, 0.717) is 6.04 Å². The molecule has 2 unspecified atom stereocenters. The first-order valence-electron chi connectivity index (χ1n) is 7.30. The quantitative estimate of drug-likeness (QED) is 0.884.